The molecule has 0 radical (unpaired) electrons. The summed E-state index contributed by atoms with van der Waals surface area (Å²) in [7, 11) is 0. The van der Waals surface area contributed by atoms with Gasteiger partial charge in [-0.15, -0.1) is 0 Å². The number of fused-ring (bicyclic) bond motifs is 1. The van der Waals surface area contributed by atoms with Gasteiger partial charge >= 0.3 is 0 Å². The standard InChI is InChI=1S/C13H12N6/c1-8-6-10(12(14)15)18-13(17-8)19-7-16-9-4-2-3-5-11(9)19/h2-7H,1H3,(H3,14,15). The number of nitrogens with two attached hydrogens (primary N) is 1. The molecule has 94 valence electrons. The van der Waals surface area contributed by atoms with Gasteiger partial charge in [0.15, 0.2) is 0 Å². The van der Waals surface area contributed by atoms with Gasteiger partial charge < -0.3 is 5.73 Å². The molecule has 6 nitrogen and oxygen atoms in total. The molecule has 0 saturated carbocycles. The summed E-state index contributed by atoms with van der Waals surface area (Å²) >= 11 is 0. The van der Waals surface area contributed by atoms with Crippen LogP contribution in [0.15, 0.2) is 36.7 Å². The van der Waals surface area contributed by atoms with E-state index in [9.17, 15) is 0 Å². The molecule has 0 spiro atoms. The van der Waals surface area contributed by atoms with E-state index in [0.29, 0.717) is 11.6 Å². The molecule has 0 atom stereocenters. The van der Waals surface area contributed by atoms with E-state index < -0.39 is 0 Å². The van der Waals surface area contributed by atoms with Crippen molar-refractivity contribution < 1.29 is 0 Å². The molecule has 0 aliphatic rings. The first kappa shape index (κ1) is 11.3. The second kappa shape index (κ2) is 4.16. The highest BCUT2D eigenvalue weighted by Gasteiger charge is 2.09. The number of nitrogens with zero attached hydrogens (tertiary/aromatic N) is 4. The zero-order valence-electron chi connectivity index (χ0n) is 10.3. The lowest BCUT2D eigenvalue weighted by molar-refractivity contribution is 0.923. The third-order valence-corrected chi connectivity index (χ3v) is 2.79. The summed E-state index contributed by atoms with van der Waals surface area (Å²) in [6, 6.07) is 9.42. The quantitative estimate of drug-likeness (QED) is 0.532. The van der Waals surface area contributed by atoms with Crippen LogP contribution in [0.5, 0.6) is 0 Å². The summed E-state index contributed by atoms with van der Waals surface area (Å²) in [5, 5.41) is 7.48. The van der Waals surface area contributed by atoms with E-state index in [1.54, 1.807) is 17.0 Å². The van der Waals surface area contributed by atoms with Gasteiger partial charge in [0, 0.05) is 5.69 Å². The number of nitrogens with one attached hydrogen (secondary N) is 1. The van der Waals surface area contributed by atoms with Crippen molar-refractivity contribution in [2.24, 2.45) is 5.73 Å². The Morgan fingerprint density at radius 1 is 1.26 bits per heavy atom. The topological polar surface area (TPSA) is 93.5 Å². The van der Waals surface area contributed by atoms with Crippen LogP contribution in [0.1, 0.15) is 11.4 Å². The molecule has 6 heteroatoms. The molecule has 0 amide bonds. The number of amidine groups is 1. The monoisotopic (exact) mass is 252 g/mol. The minimum Gasteiger partial charge on any atom is -0.382 e. The van der Waals surface area contributed by atoms with E-state index in [0.717, 1.165) is 16.7 Å². The number of nitrogen functional groups attached to an aromatic ring is 1. The van der Waals surface area contributed by atoms with Crippen molar-refractivity contribution >= 4 is 16.9 Å². The van der Waals surface area contributed by atoms with Crippen LogP contribution in [0.25, 0.3) is 17.0 Å². The Balaban J connectivity index is 2.24. The normalized spacial score (nSPS) is 10.8. The van der Waals surface area contributed by atoms with E-state index >= 15 is 0 Å². The van der Waals surface area contributed by atoms with Crippen molar-refractivity contribution in [3.05, 3.63) is 48.0 Å². The fourth-order valence-electron chi connectivity index (χ4n) is 1.92. The zero-order chi connectivity index (χ0) is 13.4. The maximum atomic E-state index is 7.48. The van der Waals surface area contributed by atoms with Crippen molar-refractivity contribution in [2.75, 3.05) is 0 Å². The van der Waals surface area contributed by atoms with Gasteiger partial charge in [-0.25, -0.2) is 15.0 Å². The predicted molar refractivity (Wildman–Crippen MR) is 72.4 cm³/mol. The number of rotatable bonds is 2. The first-order valence-corrected chi connectivity index (χ1v) is 5.78. The molecule has 2 aromatic heterocycles. The van der Waals surface area contributed by atoms with E-state index in [4.69, 9.17) is 11.1 Å². The van der Waals surface area contributed by atoms with Crippen LogP contribution in [0.3, 0.4) is 0 Å². The SMILES string of the molecule is Cc1cc(C(=N)N)nc(-n2cnc3ccccc32)n1. The molecule has 0 aliphatic heterocycles. The Morgan fingerprint density at radius 2 is 2.05 bits per heavy atom. The lowest BCUT2D eigenvalue weighted by Gasteiger charge is -2.06. The van der Waals surface area contributed by atoms with E-state index in [-0.39, 0.29) is 5.84 Å². The number of para-hydroxylation sites is 2. The fourth-order valence-corrected chi connectivity index (χ4v) is 1.92. The lowest BCUT2D eigenvalue weighted by Crippen LogP contribution is -2.16. The van der Waals surface area contributed by atoms with Crippen molar-refractivity contribution in [3.8, 4) is 5.95 Å². The van der Waals surface area contributed by atoms with Crippen LogP contribution in [0.4, 0.5) is 0 Å². The summed E-state index contributed by atoms with van der Waals surface area (Å²) in [5.74, 6) is 0.398. The molecule has 3 N–H and O–H groups in total. The van der Waals surface area contributed by atoms with Crippen molar-refractivity contribution in [1.29, 1.82) is 5.41 Å². The third-order valence-electron chi connectivity index (χ3n) is 2.79. The fraction of sp³-hybridized carbons (Fsp3) is 0.0769. The van der Waals surface area contributed by atoms with Gasteiger partial charge in [0.05, 0.1) is 11.0 Å². The average Bonchev–Trinajstić information content (AvgIpc) is 2.81. The Morgan fingerprint density at radius 3 is 2.84 bits per heavy atom. The molecule has 0 bridgehead atoms. The number of aromatic nitrogens is 4. The highest BCUT2D eigenvalue weighted by Crippen LogP contribution is 2.15. The number of hydrogen-bond acceptors (Lipinski definition) is 4. The summed E-state index contributed by atoms with van der Waals surface area (Å²) < 4.78 is 1.79. The third kappa shape index (κ3) is 1.93. The molecule has 0 saturated heterocycles. The Labute approximate surface area is 109 Å². The Kier molecular flexibility index (Phi) is 2.49. The largest absolute Gasteiger partial charge is 0.382 e. The number of aryl methyl sites for hydroxylation is 1. The summed E-state index contributed by atoms with van der Waals surface area (Å²) in [6.45, 7) is 1.84. The smallest absolute Gasteiger partial charge is 0.236 e. The second-order valence-electron chi connectivity index (χ2n) is 4.21. The van der Waals surface area contributed by atoms with E-state index in [1.807, 2.05) is 31.2 Å². The van der Waals surface area contributed by atoms with Crippen LogP contribution < -0.4 is 5.73 Å². The molecular formula is C13H12N6. The predicted octanol–water partition coefficient (Wildman–Crippen LogP) is 1.41. The zero-order valence-corrected chi connectivity index (χ0v) is 10.3. The minimum absolute atomic E-state index is 0.0730. The van der Waals surface area contributed by atoms with Crippen LogP contribution >= 0.6 is 0 Å². The number of imidazole rings is 1. The number of hydrogen-bond donors (Lipinski definition) is 2. The molecule has 3 rings (SSSR count). The average molecular weight is 252 g/mol. The van der Waals surface area contributed by atoms with Gasteiger partial charge in [-0.05, 0) is 25.1 Å². The van der Waals surface area contributed by atoms with Gasteiger partial charge in [0.2, 0.25) is 5.95 Å². The lowest BCUT2D eigenvalue weighted by atomic mass is 10.3. The minimum atomic E-state index is -0.0730. The van der Waals surface area contributed by atoms with Gasteiger partial charge in [-0.3, -0.25) is 9.98 Å². The van der Waals surface area contributed by atoms with Crippen LogP contribution in [-0.2, 0) is 0 Å². The maximum absolute atomic E-state index is 7.48. The Hall–Kier alpha value is -2.76. The van der Waals surface area contributed by atoms with Gasteiger partial charge in [0.25, 0.3) is 0 Å². The maximum Gasteiger partial charge on any atom is 0.236 e. The first-order valence-electron chi connectivity index (χ1n) is 5.78. The molecule has 19 heavy (non-hydrogen) atoms. The molecule has 2 heterocycles. The van der Waals surface area contributed by atoms with E-state index in [1.165, 1.54) is 0 Å². The van der Waals surface area contributed by atoms with E-state index in [2.05, 4.69) is 15.0 Å². The summed E-state index contributed by atoms with van der Waals surface area (Å²) in [4.78, 5) is 13.0. The highest BCUT2D eigenvalue weighted by molar-refractivity contribution is 5.93. The molecular weight excluding hydrogens is 240 g/mol. The first-order chi connectivity index (χ1) is 9.15. The number of benzene rings is 1. The molecule has 3 aromatic rings. The summed E-state index contributed by atoms with van der Waals surface area (Å²) in [6.07, 6.45) is 1.67. The molecule has 0 unspecified atom stereocenters. The van der Waals surface area contributed by atoms with Gasteiger partial charge in [-0.1, -0.05) is 12.1 Å². The van der Waals surface area contributed by atoms with Crippen LogP contribution in [0, 0.1) is 12.3 Å². The van der Waals surface area contributed by atoms with Crippen molar-refractivity contribution in [2.45, 2.75) is 6.92 Å². The van der Waals surface area contributed by atoms with Crippen molar-refractivity contribution in [3.63, 3.8) is 0 Å². The van der Waals surface area contributed by atoms with Crippen molar-refractivity contribution in [1.82, 2.24) is 19.5 Å². The molecule has 0 fully saturated rings. The summed E-state index contributed by atoms with van der Waals surface area (Å²) in [5.41, 5.74) is 8.45. The van der Waals surface area contributed by atoms with Crippen LogP contribution in [0.2, 0.25) is 0 Å². The van der Waals surface area contributed by atoms with Gasteiger partial charge in [0.1, 0.15) is 17.9 Å². The van der Waals surface area contributed by atoms with Gasteiger partial charge in [-0.2, -0.15) is 0 Å². The second-order valence-corrected chi connectivity index (χ2v) is 4.21. The Bertz CT molecular complexity index is 774. The van der Waals surface area contributed by atoms with Crippen LogP contribution in [-0.4, -0.2) is 25.4 Å². The molecule has 1 aromatic carbocycles. The molecule has 0 aliphatic carbocycles. The highest BCUT2D eigenvalue weighted by atomic mass is 15.2.